The van der Waals surface area contributed by atoms with Gasteiger partial charge < -0.3 is 9.47 Å². The van der Waals surface area contributed by atoms with E-state index in [2.05, 4.69) is 210 Å². The van der Waals surface area contributed by atoms with E-state index in [1.165, 1.54) is 27.1 Å². The van der Waals surface area contributed by atoms with E-state index < -0.39 is 0 Å². The lowest BCUT2D eigenvalue weighted by Crippen LogP contribution is -2.10. The summed E-state index contributed by atoms with van der Waals surface area (Å²) in [6.45, 7) is 0. The lowest BCUT2D eigenvalue weighted by Gasteiger charge is -2.27. The summed E-state index contributed by atoms with van der Waals surface area (Å²) in [6.07, 6.45) is 0. The average molecular weight is 741 g/mol. The van der Waals surface area contributed by atoms with Crippen molar-refractivity contribution in [3.63, 3.8) is 0 Å². The third-order valence-electron chi connectivity index (χ3n) is 11.2. The minimum atomic E-state index is 0.717. The standard InChI is InChI=1S/C54H36N4/c1-3-15-39(16-4-1)53-48-22-9-11-23-49(48)55-54(56-53)40-28-26-37(27-29-40)41-30-35-47-46-21-10-12-24-51(46)58(52(47)36-41)44-33-31-43(32-34-44)57(42-18-5-2-6-19-42)50-25-13-17-38-14-7-8-20-45(38)50/h1-36H. The van der Waals surface area contributed by atoms with Crippen LogP contribution in [0.25, 0.3) is 82.9 Å². The number of hydrogen-bond acceptors (Lipinski definition) is 3. The van der Waals surface area contributed by atoms with Gasteiger partial charge in [-0.25, -0.2) is 9.97 Å². The van der Waals surface area contributed by atoms with Crippen LogP contribution in [0.15, 0.2) is 218 Å². The Morgan fingerprint density at radius 2 is 0.966 bits per heavy atom. The maximum absolute atomic E-state index is 5.10. The third kappa shape index (κ3) is 5.78. The fourth-order valence-corrected chi connectivity index (χ4v) is 8.42. The van der Waals surface area contributed by atoms with Gasteiger partial charge in [0.2, 0.25) is 0 Å². The summed E-state index contributed by atoms with van der Waals surface area (Å²) in [4.78, 5) is 12.4. The van der Waals surface area contributed by atoms with Crippen LogP contribution in [0.5, 0.6) is 0 Å². The van der Waals surface area contributed by atoms with Crippen molar-refractivity contribution < 1.29 is 0 Å². The predicted molar refractivity (Wildman–Crippen MR) is 242 cm³/mol. The van der Waals surface area contributed by atoms with Crippen LogP contribution < -0.4 is 4.90 Å². The van der Waals surface area contributed by atoms with Crippen LogP contribution in [0, 0.1) is 0 Å². The quantitative estimate of drug-likeness (QED) is 0.163. The van der Waals surface area contributed by atoms with Crippen molar-refractivity contribution >= 4 is 60.5 Å². The van der Waals surface area contributed by atoms with Crippen LogP contribution in [0.3, 0.4) is 0 Å². The van der Waals surface area contributed by atoms with Gasteiger partial charge in [-0.15, -0.1) is 0 Å². The van der Waals surface area contributed by atoms with E-state index >= 15 is 0 Å². The molecular weight excluding hydrogens is 705 g/mol. The van der Waals surface area contributed by atoms with E-state index in [9.17, 15) is 0 Å². The molecule has 0 atom stereocenters. The zero-order valence-electron chi connectivity index (χ0n) is 31.6. The molecule has 0 radical (unpaired) electrons. The van der Waals surface area contributed by atoms with Crippen LogP contribution in [0.4, 0.5) is 17.1 Å². The second-order valence-corrected chi connectivity index (χ2v) is 14.6. The summed E-state index contributed by atoms with van der Waals surface area (Å²) in [7, 11) is 0. The Hall–Kier alpha value is -7.82. The first-order chi connectivity index (χ1) is 28.8. The first-order valence-electron chi connectivity index (χ1n) is 19.7. The second-order valence-electron chi connectivity index (χ2n) is 14.6. The minimum absolute atomic E-state index is 0.717. The summed E-state index contributed by atoms with van der Waals surface area (Å²) < 4.78 is 2.39. The molecule has 0 fully saturated rings. The molecule has 2 aromatic heterocycles. The Kier molecular flexibility index (Phi) is 8.11. The fraction of sp³-hybridized carbons (Fsp3) is 0. The highest BCUT2D eigenvalue weighted by Gasteiger charge is 2.18. The first-order valence-corrected chi connectivity index (χ1v) is 19.7. The van der Waals surface area contributed by atoms with Crippen LogP contribution in [-0.4, -0.2) is 14.5 Å². The van der Waals surface area contributed by atoms with E-state index in [-0.39, 0.29) is 0 Å². The molecule has 58 heavy (non-hydrogen) atoms. The topological polar surface area (TPSA) is 34.0 Å². The molecule has 0 aliphatic rings. The number of hydrogen-bond donors (Lipinski definition) is 0. The van der Waals surface area contributed by atoms with E-state index in [0.717, 1.165) is 72.9 Å². The maximum atomic E-state index is 5.10. The molecule has 11 rings (SSSR count). The van der Waals surface area contributed by atoms with Crippen molar-refractivity contribution in [2.75, 3.05) is 4.90 Å². The molecule has 0 unspecified atom stereocenters. The van der Waals surface area contributed by atoms with Gasteiger partial charge >= 0.3 is 0 Å². The van der Waals surface area contributed by atoms with Crippen molar-refractivity contribution in [1.29, 1.82) is 0 Å². The molecule has 4 nitrogen and oxygen atoms in total. The van der Waals surface area contributed by atoms with Gasteiger partial charge in [-0.2, -0.15) is 0 Å². The predicted octanol–water partition coefficient (Wildman–Crippen LogP) is 14.4. The number of para-hydroxylation sites is 3. The van der Waals surface area contributed by atoms with Crippen molar-refractivity contribution in [3.8, 4) is 39.5 Å². The summed E-state index contributed by atoms with van der Waals surface area (Å²) >= 11 is 0. The molecule has 4 heteroatoms. The second kappa shape index (κ2) is 14.0. The number of rotatable bonds is 7. The molecule has 11 aromatic rings. The maximum Gasteiger partial charge on any atom is 0.160 e. The van der Waals surface area contributed by atoms with E-state index in [1.54, 1.807) is 0 Å². The van der Waals surface area contributed by atoms with Crippen LogP contribution in [0.1, 0.15) is 0 Å². The van der Waals surface area contributed by atoms with E-state index in [0.29, 0.717) is 0 Å². The molecule has 272 valence electrons. The first kappa shape index (κ1) is 33.5. The number of anilines is 3. The minimum Gasteiger partial charge on any atom is -0.310 e. The molecular formula is C54H36N4. The molecule has 0 aliphatic heterocycles. The van der Waals surface area contributed by atoms with Crippen LogP contribution >= 0.6 is 0 Å². The van der Waals surface area contributed by atoms with Crippen molar-refractivity contribution in [1.82, 2.24) is 14.5 Å². The summed E-state index contributed by atoms with van der Waals surface area (Å²) in [5.74, 6) is 0.717. The zero-order valence-corrected chi connectivity index (χ0v) is 31.6. The smallest absolute Gasteiger partial charge is 0.160 e. The van der Waals surface area contributed by atoms with Gasteiger partial charge in [-0.1, -0.05) is 158 Å². The largest absolute Gasteiger partial charge is 0.310 e. The lowest BCUT2D eigenvalue weighted by molar-refractivity contribution is 1.17. The van der Waals surface area contributed by atoms with Crippen LogP contribution in [0.2, 0.25) is 0 Å². The van der Waals surface area contributed by atoms with Gasteiger partial charge in [-0.3, -0.25) is 0 Å². The molecule has 0 spiro atoms. The molecule has 0 amide bonds. The number of aromatic nitrogens is 3. The van der Waals surface area contributed by atoms with Crippen LogP contribution in [-0.2, 0) is 0 Å². The molecule has 0 saturated heterocycles. The highest BCUT2D eigenvalue weighted by atomic mass is 15.1. The van der Waals surface area contributed by atoms with Crippen molar-refractivity contribution in [3.05, 3.63) is 218 Å². The third-order valence-corrected chi connectivity index (χ3v) is 11.2. The molecule has 0 N–H and O–H groups in total. The van der Waals surface area contributed by atoms with Gasteiger partial charge in [-0.05, 0) is 77.2 Å². The Balaban J connectivity index is 0.988. The van der Waals surface area contributed by atoms with E-state index in [4.69, 9.17) is 9.97 Å². The van der Waals surface area contributed by atoms with Gasteiger partial charge in [0.15, 0.2) is 5.82 Å². The van der Waals surface area contributed by atoms with Crippen molar-refractivity contribution in [2.45, 2.75) is 0 Å². The summed E-state index contributed by atoms with van der Waals surface area (Å²) in [5.41, 5.74) is 13.0. The Bertz CT molecular complexity index is 3260. The molecule has 9 aromatic carbocycles. The fourth-order valence-electron chi connectivity index (χ4n) is 8.42. The Morgan fingerprint density at radius 1 is 0.362 bits per heavy atom. The van der Waals surface area contributed by atoms with E-state index in [1.807, 2.05) is 18.2 Å². The lowest BCUT2D eigenvalue weighted by atomic mass is 10.0. The number of benzene rings is 9. The Labute approximate surface area is 336 Å². The SMILES string of the molecule is c1ccc(-c2nc(-c3ccc(-c4ccc5c6ccccc6n(-c6ccc(N(c7ccccc7)c7cccc8ccccc78)cc6)c5c4)cc3)nc3ccccc23)cc1. The van der Waals surface area contributed by atoms with Gasteiger partial charge in [0.1, 0.15) is 0 Å². The number of fused-ring (bicyclic) bond motifs is 5. The van der Waals surface area contributed by atoms with Gasteiger partial charge in [0, 0.05) is 49.7 Å². The number of nitrogens with zero attached hydrogens (tertiary/aromatic N) is 4. The molecule has 0 bridgehead atoms. The molecule has 2 heterocycles. The monoisotopic (exact) mass is 740 g/mol. The van der Waals surface area contributed by atoms with Crippen molar-refractivity contribution in [2.24, 2.45) is 0 Å². The normalized spacial score (nSPS) is 11.4. The summed E-state index contributed by atoms with van der Waals surface area (Å²) in [6, 6.07) is 77.5. The Morgan fingerprint density at radius 3 is 1.78 bits per heavy atom. The average Bonchev–Trinajstić information content (AvgIpc) is 3.63. The van der Waals surface area contributed by atoms with Gasteiger partial charge in [0.05, 0.1) is 27.9 Å². The van der Waals surface area contributed by atoms with Gasteiger partial charge in [0.25, 0.3) is 0 Å². The highest BCUT2D eigenvalue weighted by molar-refractivity contribution is 6.10. The summed E-state index contributed by atoms with van der Waals surface area (Å²) in [5, 5.41) is 5.92. The molecule has 0 saturated carbocycles. The zero-order chi connectivity index (χ0) is 38.4. The highest BCUT2D eigenvalue weighted by Crippen LogP contribution is 2.40. The molecule has 0 aliphatic carbocycles.